The van der Waals surface area contributed by atoms with E-state index in [1.54, 1.807) is 18.2 Å². The number of nitrogens with one attached hydrogen (secondary N) is 1. The first-order chi connectivity index (χ1) is 9.89. The van der Waals surface area contributed by atoms with Gasteiger partial charge in [-0.3, -0.25) is 4.79 Å². The Morgan fingerprint density at radius 1 is 1.24 bits per heavy atom. The van der Waals surface area contributed by atoms with Crippen molar-refractivity contribution in [1.29, 1.82) is 0 Å². The number of nitrogens with zero attached hydrogens (tertiary/aromatic N) is 1. The van der Waals surface area contributed by atoms with E-state index in [1.165, 1.54) is 36.2 Å². The fraction of sp³-hybridized carbons (Fsp3) is 0.214. The lowest BCUT2D eigenvalue weighted by atomic mass is 10.1. The maximum atomic E-state index is 12.4. The molecule has 0 saturated carbocycles. The number of benzene rings is 1. The molecule has 7 heteroatoms. The van der Waals surface area contributed by atoms with Crippen molar-refractivity contribution in [2.24, 2.45) is 0 Å². The van der Waals surface area contributed by atoms with Crippen LogP contribution in [0.4, 0.5) is 5.69 Å². The quantitative estimate of drug-likeness (QED) is 0.904. The van der Waals surface area contributed by atoms with E-state index in [2.05, 4.69) is 5.32 Å². The fourth-order valence-corrected chi connectivity index (χ4v) is 4.61. The summed E-state index contributed by atoms with van der Waals surface area (Å²) in [5, 5.41) is 3.18. The van der Waals surface area contributed by atoms with Gasteiger partial charge in [-0.2, -0.15) is 0 Å². The first-order valence-electron chi connectivity index (χ1n) is 6.34. The summed E-state index contributed by atoms with van der Waals surface area (Å²) in [5.74, 6) is 0.0439. The van der Waals surface area contributed by atoms with Gasteiger partial charge in [0.2, 0.25) is 10.0 Å². The van der Waals surface area contributed by atoms with Crippen molar-refractivity contribution in [2.75, 3.05) is 19.4 Å². The van der Waals surface area contributed by atoms with Crippen LogP contribution in [0.2, 0.25) is 0 Å². The molecule has 0 unspecified atom stereocenters. The molecular formula is C14H14N2O3S2. The lowest BCUT2D eigenvalue weighted by Gasteiger charge is -2.26. The number of hydrogen-bond acceptors (Lipinski definition) is 5. The summed E-state index contributed by atoms with van der Waals surface area (Å²) in [7, 11) is -0.481. The van der Waals surface area contributed by atoms with Crippen LogP contribution in [0.25, 0.3) is 0 Å². The Kier molecular flexibility index (Phi) is 3.43. The SMILES string of the molecule is CN(C)S(=O)(=O)c1cccc2c1SC1=C(CC(=O)C=C1)N2. The zero-order valence-corrected chi connectivity index (χ0v) is 13.2. The Morgan fingerprint density at radius 2 is 2.00 bits per heavy atom. The van der Waals surface area contributed by atoms with Crippen molar-refractivity contribution in [3.8, 4) is 0 Å². The molecule has 5 nitrogen and oxygen atoms in total. The third-order valence-electron chi connectivity index (χ3n) is 3.30. The summed E-state index contributed by atoms with van der Waals surface area (Å²) in [5.41, 5.74) is 1.56. The van der Waals surface area contributed by atoms with Gasteiger partial charge in [0.25, 0.3) is 0 Å². The Balaban J connectivity index is 2.10. The molecule has 1 aromatic rings. The highest BCUT2D eigenvalue weighted by Gasteiger charge is 2.28. The number of carbonyl (C=O) groups is 1. The third-order valence-corrected chi connectivity index (χ3v) is 6.54. The van der Waals surface area contributed by atoms with E-state index in [-0.39, 0.29) is 10.7 Å². The standard InChI is InChI=1S/C14H14N2O3S2/c1-16(2)21(18,19)13-5-3-4-10-14(13)20-12-7-6-9(17)8-11(12)15-10/h3-7,15H,8H2,1-2H3. The van der Waals surface area contributed by atoms with Gasteiger partial charge in [0.15, 0.2) is 5.78 Å². The average molecular weight is 322 g/mol. The van der Waals surface area contributed by atoms with Gasteiger partial charge in [-0.25, -0.2) is 12.7 Å². The third kappa shape index (κ3) is 2.41. The number of ketones is 1. The molecule has 1 heterocycles. The Morgan fingerprint density at radius 3 is 2.71 bits per heavy atom. The summed E-state index contributed by atoms with van der Waals surface area (Å²) in [6, 6.07) is 5.13. The van der Waals surface area contributed by atoms with Crippen LogP contribution >= 0.6 is 11.8 Å². The molecular weight excluding hydrogens is 308 g/mol. The summed E-state index contributed by atoms with van der Waals surface area (Å²) < 4.78 is 26.0. The van der Waals surface area contributed by atoms with E-state index < -0.39 is 10.0 Å². The lowest BCUT2D eigenvalue weighted by molar-refractivity contribution is -0.114. The van der Waals surface area contributed by atoms with Crippen molar-refractivity contribution in [3.63, 3.8) is 0 Å². The zero-order chi connectivity index (χ0) is 15.2. The molecule has 0 radical (unpaired) electrons. The van der Waals surface area contributed by atoms with E-state index in [0.717, 1.165) is 16.3 Å². The van der Waals surface area contributed by atoms with E-state index in [4.69, 9.17) is 0 Å². The van der Waals surface area contributed by atoms with E-state index >= 15 is 0 Å². The Labute approximate surface area is 127 Å². The van der Waals surface area contributed by atoms with E-state index in [9.17, 15) is 13.2 Å². The minimum atomic E-state index is -3.51. The molecule has 0 saturated heterocycles. The monoisotopic (exact) mass is 322 g/mol. The van der Waals surface area contributed by atoms with Crippen LogP contribution in [-0.4, -0.2) is 32.6 Å². The molecule has 2 aliphatic rings. The largest absolute Gasteiger partial charge is 0.357 e. The van der Waals surface area contributed by atoms with Crippen molar-refractivity contribution in [3.05, 3.63) is 41.0 Å². The minimum absolute atomic E-state index is 0.0439. The summed E-state index contributed by atoms with van der Waals surface area (Å²) in [6.07, 6.45) is 3.59. The van der Waals surface area contributed by atoms with Crippen LogP contribution < -0.4 is 5.32 Å². The van der Waals surface area contributed by atoms with Crippen LogP contribution in [0.5, 0.6) is 0 Å². The molecule has 0 amide bonds. The molecule has 0 atom stereocenters. The molecule has 1 aliphatic carbocycles. The molecule has 1 N–H and O–H groups in total. The van der Waals surface area contributed by atoms with Crippen molar-refractivity contribution < 1.29 is 13.2 Å². The number of sulfonamides is 1. The van der Waals surface area contributed by atoms with E-state index in [1.807, 2.05) is 6.07 Å². The highest BCUT2D eigenvalue weighted by atomic mass is 32.2. The molecule has 0 bridgehead atoms. The van der Waals surface area contributed by atoms with E-state index in [0.29, 0.717) is 11.3 Å². The van der Waals surface area contributed by atoms with Crippen molar-refractivity contribution >= 4 is 33.3 Å². The maximum absolute atomic E-state index is 12.4. The second-order valence-corrected chi connectivity index (χ2v) is 8.14. The minimum Gasteiger partial charge on any atom is -0.357 e. The van der Waals surface area contributed by atoms with Crippen LogP contribution in [0.1, 0.15) is 6.42 Å². The second kappa shape index (κ2) is 5.01. The highest BCUT2D eigenvalue weighted by molar-refractivity contribution is 8.04. The molecule has 1 aliphatic heterocycles. The number of allylic oxidation sites excluding steroid dienone is 3. The number of hydrogen-bond donors (Lipinski definition) is 1. The molecule has 110 valence electrons. The predicted octanol–water partition coefficient (Wildman–Crippen LogP) is 2.20. The topological polar surface area (TPSA) is 66.5 Å². The fourth-order valence-electron chi connectivity index (χ4n) is 2.18. The number of anilines is 1. The lowest BCUT2D eigenvalue weighted by Crippen LogP contribution is -2.24. The Hall–Kier alpha value is -1.57. The van der Waals surface area contributed by atoms with Crippen LogP contribution in [0.15, 0.2) is 50.7 Å². The zero-order valence-electron chi connectivity index (χ0n) is 11.6. The molecule has 3 rings (SSSR count). The summed E-state index contributed by atoms with van der Waals surface area (Å²) in [4.78, 5) is 13.3. The van der Waals surface area contributed by atoms with Crippen molar-refractivity contribution in [2.45, 2.75) is 16.2 Å². The Bertz CT molecular complexity index is 792. The normalized spacial score (nSPS) is 17.6. The van der Waals surface area contributed by atoms with Gasteiger partial charge in [0.1, 0.15) is 0 Å². The van der Waals surface area contributed by atoms with Gasteiger partial charge in [-0.1, -0.05) is 17.8 Å². The van der Waals surface area contributed by atoms with Gasteiger partial charge in [0.05, 0.1) is 21.9 Å². The molecule has 21 heavy (non-hydrogen) atoms. The van der Waals surface area contributed by atoms with Gasteiger partial charge in [-0.15, -0.1) is 0 Å². The van der Waals surface area contributed by atoms with Crippen LogP contribution in [-0.2, 0) is 14.8 Å². The molecule has 0 spiro atoms. The second-order valence-electron chi connectivity index (χ2n) is 4.97. The molecule has 1 aromatic carbocycles. The maximum Gasteiger partial charge on any atom is 0.243 e. The first kappa shape index (κ1) is 14.4. The number of thioether (sulfide) groups is 1. The number of fused-ring (bicyclic) bond motifs is 1. The smallest absolute Gasteiger partial charge is 0.243 e. The van der Waals surface area contributed by atoms with Crippen molar-refractivity contribution in [1.82, 2.24) is 4.31 Å². The molecule has 0 fully saturated rings. The first-order valence-corrected chi connectivity index (χ1v) is 8.60. The predicted molar refractivity (Wildman–Crippen MR) is 82.6 cm³/mol. The van der Waals surface area contributed by atoms with Gasteiger partial charge in [-0.05, 0) is 24.3 Å². The van der Waals surface area contributed by atoms with Gasteiger partial charge >= 0.3 is 0 Å². The van der Waals surface area contributed by atoms with Gasteiger partial charge < -0.3 is 5.32 Å². The van der Waals surface area contributed by atoms with Crippen LogP contribution in [0.3, 0.4) is 0 Å². The summed E-state index contributed by atoms with van der Waals surface area (Å²) in [6.45, 7) is 0. The molecule has 0 aromatic heterocycles. The number of carbonyl (C=O) groups excluding carboxylic acids is 1. The van der Waals surface area contributed by atoms with Gasteiger partial charge in [0, 0.05) is 24.7 Å². The highest BCUT2D eigenvalue weighted by Crippen LogP contribution is 2.45. The number of rotatable bonds is 2. The van der Waals surface area contributed by atoms with Crippen LogP contribution in [0, 0.1) is 0 Å². The average Bonchev–Trinajstić information content (AvgIpc) is 2.44. The summed E-state index contributed by atoms with van der Waals surface area (Å²) >= 11 is 1.39.